The van der Waals surface area contributed by atoms with Gasteiger partial charge in [-0.2, -0.15) is 4.31 Å². The Morgan fingerprint density at radius 2 is 1.69 bits per heavy atom. The maximum Gasteiger partial charge on any atom is 0.287 e. The van der Waals surface area contributed by atoms with Crippen LogP contribution in [-0.2, 0) is 21.2 Å². The predicted octanol–water partition coefficient (Wildman–Crippen LogP) is 3.68. The van der Waals surface area contributed by atoms with E-state index in [4.69, 9.17) is 4.42 Å². The second-order valence-corrected chi connectivity index (χ2v) is 10.7. The van der Waals surface area contributed by atoms with Crippen molar-refractivity contribution in [3.05, 3.63) is 84.3 Å². The molecule has 1 aliphatic rings. The van der Waals surface area contributed by atoms with Crippen LogP contribution in [0.15, 0.2) is 82.3 Å². The number of rotatable bonds is 8. The lowest BCUT2D eigenvalue weighted by Gasteiger charge is -2.31. The molecule has 4 rings (SSSR count). The fourth-order valence-electron chi connectivity index (χ4n) is 4.15. The molecule has 9 heteroatoms. The van der Waals surface area contributed by atoms with Crippen LogP contribution in [-0.4, -0.2) is 43.7 Å². The Morgan fingerprint density at radius 1 is 1.00 bits per heavy atom. The number of carbonyl (C=O) groups excluding carboxylic acids is 2. The first kappa shape index (κ1) is 24.7. The van der Waals surface area contributed by atoms with Crippen molar-refractivity contribution in [1.82, 2.24) is 9.62 Å². The van der Waals surface area contributed by atoms with Gasteiger partial charge in [-0.3, -0.25) is 9.59 Å². The molecule has 3 aromatic rings. The summed E-state index contributed by atoms with van der Waals surface area (Å²) in [6.45, 7) is 2.53. The SMILES string of the molecule is C[C@@H](NC(=O)c1ccco1)C(=O)Nc1ccc(S(=O)(=O)N2CCC(Cc3ccccc3)CC2)cc1. The van der Waals surface area contributed by atoms with E-state index in [1.54, 1.807) is 25.1 Å². The third-order valence-electron chi connectivity index (χ3n) is 6.19. The number of hydrogen-bond acceptors (Lipinski definition) is 5. The first-order valence-corrected chi connectivity index (χ1v) is 13.1. The first-order chi connectivity index (χ1) is 16.8. The Balaban J connectivity index is 1.30. The monoisotopic (exact) mass is 495 g/mol. The molecule has 0 spiro atoms. The highest BCUT2D eigenvalue weighted by molar-refractivity contribution is 7.89. The average Bonchev–Trinajstić information content (AvgIpc) is 3.41. The summed E-state index contributed by atoms with van der Waals surface area (Å²) in [6, 6.07) is 18.6. The molecule has 0 bridgehead atoms. The van der Waals surface area contributed by atoms with E-state index >= 15 is 0 Å². The Kier molecular flexibility index (Phi) is 7.67. The Labute approximate surface area is 205 Å². The van der Waals surface area contributed by atoms with Crippen molar-refractivity contribution in [2.45, 2.75) is 37.1 Å². The topological polar surface area (TPSA) is 109 Å². The molecule has 0 unspecified atom stereocenters. The lowest BCUT2D eigenvalue weighted by Crippen LogP contribution is -2.41. The van der Waals surface area contributed by atoms with E-state index in [0.717, 1.165) is 19.3 Å². The van der Waals surface area contributed by atoms with Crippen molar-refractivity contribution in [1.29, 1.82) is 0 Å². The van der Waals surface area contributed by atoms with Crippen LogP contribution < -0.4 is 10.6 Å². The Bertz CT molecular complexity index is 1230. The van der Waals surface area contributed by atoms with Crippen LogP contribution >= 0.6 is 0 Å². The number of hydrogen-bond donors (Lipinski definition) is 2. The van der Waals surface area contributed by atoms with Gasteiger partial charge in [0, 0.05) is 18.8 Å². The standard InChI is InChI=1S/C26H29N3O5S/c1-19(27-26(31)24-8-5-17-34-24)25(30)28-22-9-11-23(12-10-22)35(32,33)29-15-13-21(14-16-29)18-20-6-3-2-4-7-20/h2-12,17,19,21H,13-16,18H2,1H3,(H,27,31)(H,28,30)/t19-/m1/s1. The fourth-order valence-corrected chi connectivity index (χ4v) is 5.62. The number of amides is 2. The minimum atomic E-state index is -3.61. The average molecular weight is 496 g/mol. The van der Waals surface area contributed by atoms with E-state index in [2.05, 4.69) is 22.8 Å². The van der Waals surface area contributed by atoms with E-state index < -0.39 is 27.9 Å². The lowest BCUT2D eigenvalue weighted by molar-refractivity contribution is -0.117. The van der Waals surface area contributed by atoms with Crippen molar-refractivity contribution in [3.8, 4) is 0 Å². The van der Waals surface area contributed by atoms with Crippen LogP contribution in [0.3, 0.4) is 0 Å². The number of anilines is 1. The largest absolute Gasteiger partial charge is 0.459 e. The predicted molar refractivity (Wildman–Crippen MR) is 132 cm³/mol. The molecule has 2 N–H and O–H groups in total. The molecule has 0 aliphatic carbocycles. The molecule has 2 aromatic carbocycles. The highest BCUT2D eigenvalue weighted by Crippen LogP contribution is 2.26. The quantitative estimate of drug-likeness (QED) is 0.496. The van der Waals surface area contributed by atoms with Crippen molar-refractivity contribution >= 4 is 27.5 Å². The molecule has 35 heavy (non-hydrogen) atoms. The zero-order chi connectivity index (χ0) is 24.8. The normalized spacial score (nSPS) is 15.9. The summed E-state index contributed by atoms with van der Waals surface area (Å²) in [4.78, 5) is 24.7. The van der Waals surface area contributed by atoms with Crippen LogP contribution in [0.2, 0.25) is 0 Å². The molecule has 2 amide bonds. The maximum atomic E-state index is 13.1. The third-order valence-corrected chi connectivity index (χ3v) is 8.10. The fraction of sp³-hybridized carbons (Fsp3) is 0.308. The number of sulfonamides is 1. The zero-order valence-electron chi connectivity index (χ0n) is 19.5. The second kappa shape index (κ2) is 10.9. The number of benzene rings is 2. The van der Waals surface area contributed by atoms with Gasteiger partial charge in [0.05, 0.1) is 11.2 Å². The molecule has 1 aliphatic heterocycles. The lowest BCUT2D eigenvalue weighted by atomic mass is 9.91. The minimum Gasteiger partial charge on any atom is -0.459 e. The van der Waals surface area contributed by atoms with E-state index in [0.29, 0.717) is 24.7 Å². The summed E-state index contributed by atoms with van der Waals surface area (Å²) in [5.41, 5.74) is 1.72. The minimum absolute atomic E-state index is 0.114. The van der Waals surface area contributed by atoms with Crippen LogP contribution in [0.1, 0.15) is 35.9 Å². The first-order valence-electron chi connectivity index (χ1n) is 11.6. The summed E-state index contributed by atoms with van der Waals surface area (Å²) in [6.07, 6.45) is 3.99. The number of furan rings is 1. The summed E-state index contributed by atoms with van der Waals surface area (Å²) >= 11 is 0. The van der Waals surface area contributed by atoms with Gasteiger partial charge >= 0.3 is 0 Å². The molecule has 1 fully saturated rings. The van der Waals surface area contributed by atoms with E-state index in [1.165, 1.54) is 34.3 Å². The van der Waals surface area contributed by atoms with Gasteiger partial charge in [0.1, 0.15) is 6.04 Å². The van der Waals surface area contributed by atoms with Crippen molar-refractivity contribution in [2.75, 3.05) is 18.4 Å². The summed E-state index contributed by atoms with van der Waals surface area (Å²) in [7, 11) is -3.61. The Morgan fingerprint density at radius 3 is 2.31 bits per heavy atom. The summed E-state index contributed by atoms with van der Waals surface area (Å²) < 4.78 is 32.8. The second-order valence-electron chi connectivity index (χ2n) is 8.72. The van der Waals surface area contributed by atoms with Crippen LogP contribution in [0.25, 0.3) is 0 Å². The highest BCUT2D eigenvalue weighted by Gasteiger charge is 2.29. The van der Waals surface area contributed by atoms with Gasteiger partial charge < -0.3 is 15.1 Å². The van der Waals surface area contributed by atoms with Gasteiger partial charge in [-0.1, -0.05) is 30.3 Å². The molecule has 8 nitrogen and oxygen atoms in total. The van der Waals surface area contributed by atoms with Crippen molar-refractivity contribution < 1.29 is 22.4 Å². The van der Waals surface area contributed by atoms with Gasteiger partial charge in [0.15, 0.2) is 5.76 Å². The number of piperidine rings is 1. The highest BCUT2D eigenvalue weighted by atomic mass is 32.2. The number of nitrogens with zero attached hydrogens (tertiary/aromatic N) is 1. The van der Waals surface area contributed by atoms with Crippen LogP contribution in [0, 0.1) is 5.92 Å². The number of carbonyl (C=O) groups is 2. The molecular formula is C26H29N3O5S. The molecule has 1 saturated heterocycles. The summed E-state index contributed by atoms with van der Waals surface area (Å²) in [5, 5.41) is 5.24. The smallest absolute Gasteiger partial charge is 0.287 e. The van der Waals surface area contributed by atoms with Gasteiger partial charge in [-0.05, 0) is 74.1 Å². The van der Waals surface area contributed by atoms with Gasteiger partial charge in [0.2, 0.25) is 15.9 Å². The van der Waals surface area contributed by atoms with E-state index in [-0.39, 0.29) is 10.7 Å². The van der Waals surface area contributed by atoms with E-state index in [9.17, 15) is 18.0 Å². The molecule has 0 radical (unpaired) electrons. The summed E-state index contributed by atoms with van der Waals surface area (Å²) in [5.74, 6) is -0.340. The van der Waals surface area contributed by atoms with Crippen molar-refractivity contribution in [3.63, 3.8) is 0 Å². The molecule has 1 atom stereocenters. The van der Waals surface area contributed by atoms with Gasteiger partial charge in [0.25, 0.3) is 5.91 Å². The van der Waals surface area contributed by atoms with Crippen LogP contribution in [0.5, 0.6) is 0 Å². The van der Waals surface area contributed by atoms with Crippen LogP contribution in [0.4, 0.5) is 5.69 Å². The third kappa shape index (κ3) is 6.17. The number of nitrogens with one attached hydrogen (secondary N) is 2. The molecule has 184 valence electrons. The molecule has 2 heterocycles. The Hall–Kier alpha value is -3.43. The maximum absolute atomic E-state index is 13.1. The van der Waals surface area contributed by atoms with Gasteiger partial charge in [-0.25, -0.2) is 8.42 Å². The molecule has 1 aromatic heterocycles. The zero-order valence-corrected chi connectivity index (χ0v) is 20.3. The molecular weight excluding hydrogens is 466 g/mol. The van der Waals surface area contributed by atoms with Crippen molar-refractivity contribution in [2.24, 2.45) is 5.92 Å². The molecule has 0 saturated carbocycles. The van der Waals surface area contributed by atoms with Gasteiger partial charge in [-0.15, -0.1) is 0 Å². The van der Waals surface area contributed by atoms with E-state index in [1.807, 2.05) is 18.2 Å².